The summed E-state index contributed by atoms with van der Waals surface area (Å²) >= 11 is 15.2. The lowest BCUT2D eigenvalue weighted by atomic mass is 10.1. The molecular formula is C13H10Cl2O2S3. The van der Waals surface area contributed by atoms with E-state index in [1.54, 1.807) is 18.2 Å². The summed E-state index contributed by atoms with van der Waals surface area (Å²) < 4.78 is 24.4. The van der Waals surface area contributed by atoms with Crippen molar-refractivity contribution >= 4 is 56.6 Å². The quantitative estimate of drug-likeness (QED) is 0.758. The highest BCUT2D eigenvalue weighted by molar-refractivity contribution is 8.20. The van der Waals surface area contributed by atoms with Crippen LogP contribution in [0.15, 0.2) is 44.4 Å². The molecule has 0 spiro atoms. The van der Waals surface area contributed by atoms with Crippen molar-refractivity contribution in [2.75, 3.05) is 5.75 Å². The van der Waals surface area contributed by atoms with Gasteiger partial charge in [-0.3, -0.25) is 0 Å². The van der Waals surface area contributed by atoms with E-state index in [0.29, 0.717) is 20.7 Å². The van der Waals surface area contributed by atoms with Crippen LogP contribution in [0.4, 0.5) is 0 Å². The summed E-state index contributed by atoms with van der Waals surface area (Å²) in [5.74, 6) is 0.208. The number of sulfone groups is 1. The third-order valence-electron chi connectivity index (χ3n) is 3.12. The predicted octanol–water partition coefficient (Wildman–Crippen LogP) is 4.74. The van der Waals surface area contributed by atoms with Gasteiger partial charge in [-0.1, -0.05) is 47.1 Å². The van der Waals surface area contributed by atoms with Crippen molar-refractivity contribution in [2.24, 2.45) is 0 Å². The number of hydrogen-bond acceptors (Lipinski definition) is 4. The second-order valence-electron chi connectivity index (χ2n) is 4.42. The van der Waals surface area contributed by atoms with Crippen molar-refractivity contribution in [3.05, 3.63) is 49.5 Å². The Hall–Kier alpha value is -0.0700. The first-order chi connectivity index (χ1) is 9.49. The van der Waals surface area contributed by atoms with E-state index in [-0.39, 0.29) is 11.0 Å². The van der Waals surface area contributed by atoms with Gasteiger partial charge in [-0.25, -0.2) is 8.42 Å². The van der Waals surface area contributed by atoms with Crippen LogP contribution in [-0.4, -0.2) is 19.4 Å². The highest BCUT2D eigenvalue weighted by Gasteiger charge is 2.35. The van der Waals surface area contributed by atoms with Crippen LogP contribution >= 0.6 is 46.7 Å². The number of thioether (sulfide) groups is 2. The lowest BCUT2D eigenvalue weighted by Crippen LogP contribution is -2.06. The van der Waals surface area contributed by atoms with E-state index in [2.05, 4.69) is 0 Å². The van der Waals surface area contributed by atoms with Gasteiger partial charge in [0.15, 0.2) is 9.84 Å². The third kappa shape index (κ3) is 2.66. The minimum absolute atomic E-state index is 0.0130. The molecule has 2 nitrogen and oxygen atoms in total. The highest BCUT2D eigenvalue weighted by Crippen LogP contribution is 2.47. The smallest absolute Gasteiger partial charge is 0.184 e. The molecule has 0 radical (unpaired) electrons. The summed E-state index contributed by atoms with van der Waals surface area (Å²) in [6.07, 6.45) is 2.60. The Bertz CT molecular complexity index is 703. The molecule has 7 heteroatoms. The topological polar surface area (TPSA) is 34.1 Å². The maximum atomic E-state index is 12.0. The molecule has 20 heavy (non-hydrogen) atoms. The zero-order valence-corrected chi connectivity index (χ0v) is 14.1. The van der Waals surface area contributed by atoms with E-state index in [9.17, 15) is 8.42 Å². The first kappa shape index (κ1) is 14.9. The Labute approximate surface area is 136 Å². The Balaban J connectivity index is 1.96. The molecule has 1 unspecified atom stereocenters. The molecule has 106 valence electrons. The summed E-state index contributed by atoms with van der Waals surface area (Å²) in [5.41, 5.74) is 0.971. The van der Waals surface area contributed by atoms with Crippen molar-refractivity contribution in [1.82, 2.24) is 0 Å². The first-order valence-corrected chi connectivity index (χ1v) is 10.1. The molecule has 1 atom stereocenters. The van der Waals surface area contributed by atoms with Gasteiger partial charge in [0, 0.05) is 4.90 Å². The molecule has 1 aromatic rings. The van der Waals surface area contributed by atoms with E-state index in [0.717, 1.165) is 10.5 Å². The van der Waals surface area contributed by atoms with Gasteiger partial charge in [-0.05, 0) is 29.5 Å². The summed E-state index contributed by atoms with van der Waals surface area (Å²) in [4.78, 5) is 0.800. The Morgan fingerprint density at radius 2 is 1.95 bits per heavy atom. The summed E-state index contributed by atoms with van der Waals surface area (Å²) in [5, 5.41) is 3.01. The van der Waals surface area contributed by atoms with E-state index in [4.69, 9.17) is 23.2 Å². The monoisotopic (exact) mass is 364 g/mol. The molecule has 1 aromatic carbocycles. The van der Waals surface area contributed by atoms with Crippen LogP contribution in [0.5, 0.6) is 0 Å². The number of benzene rings is 1. The van der Waals surface area contributed by atoms with Crippen LogP contribution in [0.25, 0.3) is 0 Å². The fourth-order valence-corrected chi connectivity index (χ4v) is 7.28. The molecule has 0 N–H and O–H groups in total. The van der Waals surface area contributed by atoms with Crippen LogP contribution in [0, 0.1) is 0 Å². The van der Waals surface area contributed by atoms with Crippen molar-refractivity contribution in [2.45, 2.75) is 16.6 Å². The zero-order valence-electron chi connectivity index (χ0n) is 10.2. The second-order valence-corrected chi connectivity index (χ2v) is 9.60. The third-order valence-corrected chi connectivity index (χ3v) is 8.73. The minimum atomic E-state index is -3.08. The molecule has 0 amide bonds. The van der Waals surface area contributed by atoms with Crippen molar-refractivity contribution in [1.29, 1.82) is 0 Å². The van der Waals surface area contributed by atoms with Gasteiger partial charge in [-0.15, -0.1) is 11.8 Å². The normalized spacial score (nSPS) is 24.0. The molecule has 2 aliphatic heterocycles. The summed E-state index contributed by atoms with van der Waals surface area (Å²) in [6.45, 7) is 0. The number of rotatable bonds is 2. The van der Waals surface area contributed by atoms with Crippen LogP contribution in [-0.2, 0) is 9.84 Å². The average molecular weight is 365 g/mol. The minimum Gasteiger partial charge on any atom is -0.223 e. The molecule has 0 fully saturated rings. The molecule has 0 bridgehead atoms. The van der Waals surface area contributed by atoms with Crippen molar-refractivity contribution in [3.8, 4) is 0 Å². The van der Waals surface area contributed by atoms with Gasteiger partial charge >= 0.3 is 0 Å². The van der Waals surface area contributed by atoms with Gasteiger partial charge in [-0.2, -0.15) is 0 Å². The maximum Gasteiger partial charge on any atom is 0.184 e. The van der Waals surface area contributed by atoms with E-state index < -0.39 is 9.84 Å². The van der Waals surface area contributed by atoms with Crippen LogP contribution in [0.1, 0.15) is 6.42 Å². The molecular weight excluding hydrogens is 355 g/mol. The average Bonchev–Trinajstić information content (AvgIpc) is 2.71. The van der Waals surface area contributed by atoms with E-state index in [1.807, 2.05) is 11.5 Å². The highest BCUT2D eigenvalue weighted by atomic mass is 35.5. The van der Waals surface area contributed by atoms with Crippen molar-refractivity contribution in [3.63, 3.8) is 0 Å². The SMILES string of the molecule is O=S1(=O)CCC2=C1SC=CC2Sc1c(Cl)cccc1Cl. The second kappa shape index (κ2) is 5.61. The molecule has 0 saturated carbocycles. The predicted molar refractivity (Wildman–Crippen MR) is 88.3 cm³/mol. The van der Waals surface area contributed by atoms with E-state index >= 15 is 0 Å². The zero-order chi connectivity index (χ0) is 14.3. The van der Waals surface area contributed by atoms with Crippen LogP contribution in [0.2, 0.25) is 10.0 Å². The number of hydrogen-bond donors (Lipinski definition) is 0. The van der Waals surface area contributed by atoms with Gasteiger partial charge < -0.3 is 0 Å². The van der Waals surface area contributed by atoms with Crippen molar-refractivity contribution < 1.29 is 8.42 Å². The largest absolute Gasteiger partial charge is 0.223 e. The Morgan fingerprint density at radius 1 is 1.25 bits per heavy atom. The Morgan fingerprint density at radius 3 is 2.65 bits per heavy atom. The Kier molecular flexibility index (Phi) is 4.17. The van der Waals surface area contributed by atoms with Gasteiger partial charge in [0.05, 0.1) is 21.0 Å². The summed E-state index contributed by atoms with van der Waals surface area (Å²) in [7, 11) is -3.08. The van der Waals surface area contributed by atoms with Crippen LogP contribution < -0.4 is 0 Å². The fraction of sp³-hybridized carbons (Fsp3) is 0.231. The summed E-state index contributed by atoms with van der Waals surface area (Å²) in [6, 6.07) is 5.38. The molecule has 2 aliphatic rings. The van der Waals surface area contributed by atoms with E-state index in [1.165, 1.54) is 23.5 Å². The van der Waals surface area contributed by atoms with Gasteiger partial charge in [0.2, 0.25) is 0 Å². The lowest BCUT2D eigenvalue weighted by molar-refractivity contribution is 0.606. The lowest BCUT2D eigenvalue weighted by Gasteiger charge is -2.19. The van der Waals surface area contributed by atoms with Gasteiger partial charge in [0.25, 0.3) is 0 Å². The van der Waals surface area contributed by atoms with Gasteiger partial charge in [0.1, 0.15) is 4.24 Å². The molecule has 0 aliphatic carbocycles. The molecule has 3 rings (SSSR count). The molecule has 0 aromatic heterocycles. The molecule has 0 saturated heterocycles. The first-order valence-electron chi connectivity index (χ1n) is 5.89. The molecule has 2 heterocycles. The fourth-order valence-electron chi connectivity index (χ4n) is 2.17. The maximum absolute atomic E-state index is 12.0. The number of halogens is 2. The standard InChI is InChI=1S/C13H10Cl2O2S3/c14-9-2-1-3-10(15)12(9)19-11-4-6-18-13-8(11)5-7-20(13,16)17/h1-4,6,11H,5,7H2. The van der Waals surface area contributed by atoms with Crippen LogP contribution in [0.3, 0.4) is 0 Å².